The third-order valence-electron chi connectivity index (χ3n) is 3.12. The second-order valence-corrected chi connectivity index (χ2v) is 4.32. The van der Waals surface area contributed by atoms with Crippen LogP contribution in [0.15, 0.2) is 42.6 Å². The Kier molecular flexibility index (Phi) is 2.56. The highest BCUT2D eigenvalue weighted by molar-refractivity contribution is 6.29. The van der Waals surface area contributed by atoms with E-state index in [1.807, 2.05) is 29.9 Å². The minimum Gasteiger partial charge on any atom is -0.386 e. The minimum absolute atomic E-state index is 0.400. The molecule has 1 aromatic heterocycles. The number of esters is 2. The van der Waals surface area contributed by atoms with E-state index in [2.05, 4.69) is 0 Å². The lowest BCUT2D eigenvalue weighted by Crippen LogP contribution is -2.21. The summed E-state index contributed by atoms with van der Waals surface area (Å²) < 4.78 is 6.65. The first-order valence-corrected chi connectivity index (χ1v) is 5.86. The molecule has 2 aromatic rings. The first-order valence-electron chi connectivity index (χ1n) is 5.86. The summed E-state index contributed by atoms with van der Waals surface area (Å²) in [5.41, 5.74) is 2.31. The lowest BCUT2D eigenvalue weighted by Gasteiger charge is -2.16. The number of rotatable bonds is 1. The van der Waals surface area contributed by atoms with Crippen LogP contribution in [0.5, 0.6) is 0 Å². The highest BCUT2D eigenvalue weighted by Gasteiger charge is 2.29. The molecule has 0 radical (unpaired) electrons. The van der Waals surface area contributed by atoms with Crippen molar-refractivity contribution in [3.63, 3.8) is 0 Å². The van der Waals surface area contributed by atoms with Gasteiger partial charge in [0, 0.05) is 24.5 Å². The van der Waals surface area contributed by atoms with Crippen LogP contribution in [0.4, 0.5) is 0 Å². The molecule has 4 nitrogen and oxygen atoms in total. The zero-order valence-corrected chi connectivity index (χ0v) is 10.3. The molecule has 0 unspecified atom stereocenters. The van der Waals surface area contributed by atoms with E-state index in [0.717, 1.165) is 5.69 Å². The molecule has 1 aliphatic rings. The van der Waals surface area contributed by atoms with Crippen molar-refractivity contribution in [2.24, 2.45) is 7.05 Å². The van der Waals surface area contributed by atoms with Gasteiger partial charge in [0.25, 0.3) is 0 Å². The number of carbonyl (C=O) groups excluding carboxylic acids is 2. The smallest absolute Gasteiger partial charge is 0.346 e. The molecule has 3 rings (SSSR count). The largest absolute Gasteiger partial charge is 0.386 e. The number of cyclic esters (lactones) is 2. The maximum Gasteiger partial charge on any atom is 0.346 e. The van der Waals surface area contributed by atoms with E-state index in [0.29, 0.717) is 16.7 Å². The molecule has 19 heavy (non-hydrogen) atoms. The van der Waals surface area contributed by atoms with Gasteiger partial charge < -0.3 is 9.30 Å². The summed E-state index contributed by atoms with van der Waals surface area (Å²) in [4.78, 5) is 23.5. The molecule has 2 heterocycles. The van der Waals surface area contributed by atoms with Crippen LogP contribution in [-0.4, -0.2) is 16.5 Å². The van der Waals surface area contributed by atoms with Crippen molar-refractivity contribution in [2.75, 3.05) is 0 Å². The van der Waals surface area contributed by atoms with Crippen LogP contribution in [0.3, 0.4) is 0 Å². The van der Waals surface area contributed by atoms with Crippen LogP contribution in [0.2, 0.25) is 0 Å². The van der Waals surface area contributed by atoms with E-state index < -0.39 is 11.9 Å². The van der Waals surface area contributed by atoms with Gasteiger partial charge in [-0.3, -0.25) is 0 Å². The number of ether oxygens (including phenoxy) is 1. The summed E-state index contributed by atoms with van der Waals surface area (Å²) in [6, 6.07) is 10.7. The highest BCUT2D eigenvalue weighted by Crippen LogP contribution is 2.28. The van der Waals surface area contributed by atoms with E-state index >= 15 is 0 Å². The number of aromatic nitrogens is 1. The van der Waals surface area contributed by atoms with Gasteiger partial charge in [-0.2, -0.15) is 0 Å². The molecule has 0 saturated heterocycles. The van der Waals surface area contributed by atoms with E-state index in [9.17, 15) is 9.59 Å². The molecule has 0 N–H and O–H groups in total. The third-order valence-corrected chi connectivity index (χ3v) is 3.12. The molecule has 0 aliphatic carbocycles. The van der Waals surface area contributed by atoms with E-state index in [1.165, 1.54) is 0 Å². The second kappa shape index (κ2) is 4.24. The van der Waals surface area contributed by atoms with Gasteiger partial charge in [-0.05, 0) is 24.3 Å². The average Bonchev–Trinajstić information content (AvgIpc) is 2.80. The number of nitrogens with zero attached hydrogens (tertiary/aromatic N) is 1. The zero-order chi connectivity index (χ0) is 13.4. The van der Waals surface area contributed by atoms with Crippen molar-refractivity contribution in [3.05, 3.63) is 59.4 Å². The third kappa shape index (κ3) is 1.87. The summed E-state index contributed by atoms with van der Waals surface area (Å²) in [6.07, 6.45) is 3.62. The van der Waals surface area contributed by atoms with Crippen LogP contribution in [0.1, 0.15) is 21.6 Å². The molecule has 4 heteroatoms. The molecular formula is C15H11NO3. The first kappa shape index (κ1) is 11.5. The lowest BCUT2D eigenvalue weighted by molar-refractivity contribution is -0.131. The van der Waals surface area contributed by atoms with E-state index in [4.69, 9.17) is 4.74 Å². The van der Waals surface area contributed by atoms with Gasteiger partial charge in [-0.15, -0.1) is 0 Å². The van der Waals surface area contributed by atoms with Gasteiger partial charge in [0.1, 0.15) is 0 Å². The molecular weight excluding hydrogens is 242 g/mol. The van der Waals surface area contributed by atoms with Crippen molar-refractivity contribution < 1.29 is 14.3 Å². The normalized spacial score (nSPS) is 16.4. The van der Waals surface area contributed by atoms with E-state index in [-0.39, 0.29) is 0 Å². The quantitative estimate of drug-likeness (QED) is 0.445. The standard InChI is InChI=1S/C15H11NO3/c1-16-8-4-5-10(16)9-13-11-6-2-3-7-12(11)14(17)19-15(13)18/h2-9H,1H3/b13-9+. The molecule has 1 aliphatic heterocycles. The Morgan fingerprint density at radius 1 is 1.00 bits per heavy atom. The van der Waals surface area contributed by atoms with Crippen LogP contribution in [-0.2, 0) is 16.6 Å². The molecule has 0 bridgehead atoms. The summed E-state index contributed by atoms with van der Waals surface area (Å²) in [6.45, 7) is 0. The number of hydrogen-bond acceptors (Lipinski definition) is 3. The van der Waals surface area contributed by atoms with Gasteiger partial charge in [0.05, 0.1) is 11.1 Å². The Labute approximate surface area is 109 Å². The summed E-state index contributed by atoms with van der Waals surface area (Å²) in [5.74, 6) is -1.20. The number of benzene rings is 1. The molecule has 0 fully saturated rings. The van der Waals surface area contributed by atoms with Gasteiger partial charge in [0.2, 0.25) is 0 Å². The van der Waals surface area contributed by atoms with Gasteiger partial charge in [-0.25, -0.2) is 9.59 Å². The molecule has 1 aromatic carbocycles. The number of carbonyl (C=O) groups is 2. The Morgan fingerprint density at radius 3 is 2.42 bits per heavy atom. The predicted molar refractivity (Wildman–Crippen MR) is 70.1 cm³/mol. The van der Waals surface area contributed by atoms with E-state index in [1.54, 1.807) is 30.3 Å². The SMILES string of the molecule is Cn1cccc1/C=C1/C(=O)OC(=O)c2ccccc21. The zero-order valence-electron chi connectivity index (χ0n) is 10.3. The highest BCUT2D eigenvalue weighted by atomic mass is 16.6. The monoisotopic (exact) mass is 253 g/mol. The predicted octanol–water partition coefficient (Wildman–Crippen LogP) is 2.26. The number of hydrogen-bond donors (Lipinski definition) is 0. The van der Waals surface area contributed by atoms with Gasteiger partial charge in [0.15, 0.2) is 0 Å². The Balaban J connectivity index is 2.19. The molecule has 94 valence electrons. The molecule has 0 spiro atoms. The van der Waals surface area contributed by atoms with Crippen LogP contribution in [0, 0.1) is 0 Å². The topological polar surface area (TPSA) is 48.3 Å². The number of fused-ring (bicyclic) bond motifs is 1. The Hall–Kier alpha value is -2.62. The minimum atomic E-state index is -0.607. The van der Waals surface area contributed by atoms with Crippen LogP contribution in [0.25, 0.3) is 11.6 Å². The van der Waals surface area contributed by atoms with Crippen LogP contribution >= 0.6 is 0 Å². The summed E-state index contributed by atoms with van der Waals surface area (Å²) in [5, 5.41) is 0. The Bertz CT molecular complexity index is 710. The maximum absolute atomic E-state index is 11.9. The molecule has 0 atom stereocenters. The first-order chi connectivity index (χ1) is 9.16. The summed E-state index contributed by atoms with van der Waals surface area (Å²) >= 11 is 0. The number of aryl methyl sites for hydroxylation is 1. The fraction of sp³-hybridized carbons (Fsp3) is 0.0667. The second-order valence-electron chi connectivity index (χ2n) is 4.32. The maximum atomic E-state index is 11.9. The Morgan fingerprint density at radius 2 is 1.74 bits per heavy atom. The summed E-state index contributed by atoms with van der Waals surface area (Å²) in [7, 11) is 1.89. The van der Waals surface area contributed by atoms with Crippen molar-refractivity contribution >= 4 is 23.6 Å². The van der Waals surface area contributed by atoms with Crippen molar-refractivity contribution in [1.82, 2.24) is 4.57 Å². The molecule has 0 amide bonds. The fourth-order valence-corrected chi connectivity index (χ4v) is 2.11. The van der Waals surface area contributed by atoms with Crippen molar-refractivity contribution in [2.45, 2.75) is 0 Å². The van der Waals surface area contributed by atoms with Crippen molar-refractivity contribution in [3.8, 4) is 0 Å². The van der Waals surface area contributed by atoms with Crippen molar-refractivity contribution in [1.29, 1.82) is 0 Å². The average molecular weight is 253 g/mol. The van der Waals surface area contributed by atoms with Gasteiger partial charge in [-0.1, -0.05) is 18.2 Å². The van der Waals surface area contributed by atoms with Gasteiger partial charge >= 0.3 is 11.9 Å². The van der Waals surface area contributed by atoms with Crippen LogP contribution < -0.4 is 0 Å². The molecule has 0 saturated carbocycles. The fourth-order valence-electron chi connectivity index (χ4n) is 2.11. The lowest BCUT2D eigenvalue weighted by atomic mass is 9.96.